The smallest absolute Gasteiger partial charge is 0.334 e. The fourth-order valence-corrected chi connectivity index (χ4v) is 5.64. The Morgan fingerprint density at radius 1 is 0.976 bits per heavy atom. The SMILES string of the molecule is O=C(NCc1ccnc(Cl)c1)N1CC2(CCN(CC=Cc3ccc(C(F)(F)F)cn3)CC2)c2ccc(C(F)(F)F)cc21. The average Bonchev–Trinajstić information content (AvgIpc) is 3.25. The molecular formula is C29H26ClF6N5O. The second kappa shape index (κ2) is 11.6. The molecule has 1 saturated heterocycles. The van der Waals surface area contributed by atoms with E-state index >= 15 is 0 Å². The van der Waals surface area contributed by atoms with Crippen LogP contribution in [0, 0.1) is 0 Å². The number of piperidine rings is 1. The third kappa shape index (κ3) is 6.54. The molecule has 0 aliphatic carbocycles. The van der Waals surface area contributed by atoms with Crippen molar-refractivity contribution in [2.45, 2.75) is 37.2 Å². The Bertz CT molecular complexity index is 1470. The number of carbonyl (C=O) groups excluding carboxylic acids is 1. The summed E-state index contributed by atoms with van der Waals surface area (Å²) in [6.07, 6.45) is -2.02. The number of likely N-dealkylation sites (tertiary alicyclic amines) is 1. The number of nitrogens with one attached hydrogen (secondary N) is 1. The number of fused-ring (bicyclic) bond motifs is 2. The number of alkyl halides is 6. The lowest BCUT2D eigenvalue weighted by atomic mass is 9.74. The molecule has 0 unspecified atom stereocenters. The van der Waals surface area contributed by atoms with Gasteiger partial charge in [-0.05, 0) is 79.5 Å². The minimum atomic E-state index is -4.56. The third-order valence-corrected chi connectivity index (χ3v) is 7.91. The van der Waals surface area contributed by atoms with E-state index in [1.807, 2.05) is 6.08 Å². The predicted octanol–water partition coefficient (Wildman–Crippen LogP) is 6.94. The number of halogens is 7. The lowest BCUT2D eigenvalue weighted by molar-refractivity contribution is -0.138. The maximum Gasteiger partial charge on any atom is 0.417 e. The summed E-state index contributed by atoms with van der Waals surface area (Å²) in [6, 6.07) is 8.65. The molecule has 2 aliphatic rings. The molecule has 4 heterocycles. The summed E-state index contributed by atoms with van der Waals surface area (Å²) < 4.78 is 79.0. The molecule has 0 saturated carbocycles. The quantitative estimate of drug-likeness (QED) is 0.251. The fourth-order valence-electron chi connectivity index (χ4n) is 5.44. The van der Waals surface area contributed by atoms with E-state index in [4.69, 9.17) is 11.6 Å². The van der Waals surface area contributed by atoms with Gasteiger partial charge in [0, 0.05) is 43.1 Å². The molecule has 13 heteroatoms. The minimum absolute atomic E-state index is 0.132. The van der Waals surface area contributed by atoms with Gasteiger partial charge in [0.2, 0.25) is 0 Å². The van der Waals surface area contributed by atoms with Crippen molar-refractivity contribution >= 4 is 29.4 Å². The zero-order valence-electron chi connectivity index (χ0n) is 22.1. The van der Waals surface area contributed by atoms with E-state index in [0.717, 1.165) is 24.4 Å². The van der Waals surface area contributed by atoms with Gasteiger partial charge in [-0.3, -0.25) is 14.8 Å². The highest BCUT2D eigenvalue weighted by atomic mass is 35.5. The van der Waals surface area contributed by atoms with Crippen LogP contribution in [0.3, 0.4) is 0 Å². The first-order valence-corrected chi connectivity index (χ1v) is 13.5. The van der Waals surface area contributed by atoms with E-state index in [9.17, 15) is 31.1 Å². The van der Waals surface area contributed by atoms with Crippen molar-refractivity contribution in [2.24, 2.45) is 0 Å². The molecule has 222 valence electrons. The van der Waals surface area contributed by atoms with Crippen LogP contribution < -0.4 is 10.2 Å². The van der Waals surface area contributed by atoms with Gasteiger partial charge in [-0.1, -0.05) is 23.7 Å². The van der Waals surface area contributed by atoms with Gasteiger partial charge in [0.15, 0.2) is 0 Å². The molecule has 6 nitrogen and oxygen atoms in total. The van der Waals surface area contributed by atoms with Crippen molar-refractivity contribution in [3.05, 3.63) is 94.0 Å². The van der Waals surface area contributed by atoms with Crippen LogP contribution in [0.4, 0.5) is 36.8 Å². The van der Waals surface area contributed by atoms with Crippen LogP contribution >= 0.6 is 11.6 Å². The number of carbonyl (C=O) groups is 1. The Balaban J connectivity index is 1.27. The van der Waals surface area contributed by atoms with E-state index in [1.54, 1.807) is 18.2 Å². The molecule has 42 heavy (non-hydrogen) atoms. The van der Waals surface area contributed by atoms with E-state index in [1.165, 1.54) is 23.2 Å². The molecule has 1 N–H and O–H groups in total. The van der Waals surface area contributed by atoms with Crippen molar-refractivity contribution in [3.8, 4) is 0 Å². The Kier molecular flexibility index (Phi) is 8.21. The summed E-state index contributed by atoms with van der Waals surface area (Å²) in [7, 11) is 0. The van der Waals surface area contributed by atoms with Crippen LogP contribution in [0.5, 0.6) is 0 Å². The van der Waals surface area contributed by atoms with Gasteiger partial charge in [0.1, 0.15) is 5.15 Å². The number of hydrogen-bond acceptors (Lipinski definition) is 4. The Morgan fingerprint density at radius 2 is 1.69 bits per heavy atom. The topological polar surface area (TPSA) is 61.4 Å². The zero-order chi connectivity index (χ0) is 30.1. The summed E-state index contributed by atoms with van der Waals surface area (Å²) in [4.78, 5) is 24.5. The number of aromatic nitrogens is 2. The van der Waals surface area contributed by atoms with Crippen LogP contribution in [0.25, 0.3) is 6.08 Å². The first-order chi connectivity index (χ1) is 19.8. The highest BCUT2D eigenvalue weighted by Crippen LogP contribution is 2.48. The molecule has 3 aromatic rings. The summed E-state index contributed by atoms with van der Waals surface area (Å²) in [5.74, 6) is 0. The van der Waals surface area contributed by atoms with Crippen molar-refractivity contribution in [1.82, 2.24) is 20.2 Å². The maximum atomic E-state index is 13.6. The van der Waals surface area contributed by atoms with Crippen LogP contribution in [-0.2, 0) is 24.3 Å². The van der Waals surface area contributed by atoms with Crippen LogP contribution in [0.2, 0.25) is 5.15 Å². The van der Waals surface area contributed by atoms with E-state index in [-0.39, 0.29) is 23.9 Å². The number of rotatable bonds is 5. The number of anilines is 1. The number of hydrogen-bond donors (Lipinski definition) is 1. The second-order valence-electron chi connectivity index (χ2n) is 10.4. The molecule has 0 radical (unpaired) electrons. The van der Waals surface area contributed by atoms with Gasteiger partial charge in [-0.15, -0.1) is 0 Å². The number of pyridine rings is 2. The molecular weight excluding hydrogens is 584 g/mol. The van der Waals surface area contributed by atoms with Gasteiger partial charge in [0.25, 0.3) is 0 Å². The highest BCUT2D eigenvalue weighted by Gasteiger charge is 2.47. The largest absolute Gasteiger partial charge is 0.417 e. The fraction of sp³-hybridized carbons (Fsp3) is 0.345. The molecule has 1 fully saturated rings. The van der Waals surface area contributed by atoms with Crippen LogP contribution in [0.15, 0.2) is 60.9 Å². The van der Waals surface area contributed by atoms with Gasteiger partial charge in [0.05, 0.1) is 16.8 Å². The predicted molar refractivity (Wildman–Crippen MR) is 146 cm³/mol. The van der Waals surface area contributed by atoms with E-state index in [2.05, 4.69) is 20.2 Å². The molecule has 2 amide bonds. The van der Waals surface area contributed by atoms with Crippen LogP contribution in [0.1, 0.15) is 40.8 Å². The maximum absolute atomic E-state index is 13.6. The first kappa shape index (κ1) is 29.8. The molecule has 2 aromatic heterocycles. The van der Waals surface area contributed by atoms with Crippen molar-refractivity contribution in [3.63, 3.8) is 0 Å². The molecule has 2 aliphatic heterocycles. The average molecular weight is 610 g/mol. The Morgan fingerprint density at radius 3 is 2.33 bits per heavy atom. The molecule has 0 bridgehead atoms. The standard InChI is InChI=1S/C29H26ClF6N5O/c30-25-14-19(7-10-37-25)16-39-26(42)41-18-27(23-6-4-20(15-24(23)41)28(31,32)33)8-12-40(13-9-27)11-1-2-22-5-3-21(17-38-22)29(34,35)36/h1-7,10,14-15,17H,8-9,11-13,16,18H2,(H,39,42). The number of amides is 2. The highest BCUT2D eigenvalue weighted by molar-refractivity contribution is 6.29. The summed E-state index contributed by atoms with van der Waals surface area (Å²) in [5, 5.41) is 3.05. The van der Waals surface area contributed by atoms with Crippen LogP contribution in [-0.4, -0.2) is 47.1 Å². The zero-order valence-corrected chi connectivity index (χ0v) is 22.9. The molecule has 1 aromatic carbocycles. The van der Waals surface area contributed by atoms with Crippen molar-refractivity contribution in [1.29, 1.82) is 0 Å². The van der Waals surface area contributed by atoms with Gasteiger partial charge in [-0.25, -0.2) is 9.78 Å². The summed E-state index contributed by atoms with van der Waals surface area (Å²) in [5.41, 5.74) is -0.0853. The molecule has 1 spiro atoms. The molecule has 5 rings (SSSR count). The van der Waals surface area contributed by atoms with E-state index < -0.39 is 34.9 Å². The Hall–Kier alpha value is -3.64. The van der Waals surface area contributed by atoms with Gasteiger partial charge in [-0.2, -0.15) is 26.3 Å². The minimum Gasteiger partial charge on any atom is -0.334 e. The number of benzene rings is 1. The van der Waals surface area contributed by atoms with Gasteiger partial charge < -0.3 is 5.32 Å². The lowest BCUT2D eigenvalue weighted by Gasteiger charge is -2.39. The third-order valence-electron chi connectivity index (χ3n) is 7.71. The number of urea groups is 1. The second-order valence-corrected chi connectivity index (χ2v) is 10.8. The first-order valence-electron chi connectivity index (χ1n) is 13.1. The summed E-state index contributed by atoms with van der Waals surface area (Å²) in [6.45, 7) is 2.14. The molecule has 0 atom stereocenters. The normalized spacial score (nSPS) is 17.2. The van der Waals surface area contributed by atoms with Crippen molar-refractivity contribution < 1.29 is 31.1 Å². The Labute approximate surface area is 243 Å². The lowest BCUT2D eigenvalue weighted by Crippen LogP contribution is -2.47. The summed E-state index contributed by atoms with van der Waals surface area (Å²) >= 11 is 5.92. The monoisotopic (exact) mass is 609 g/mol. The van der Waals surface area contributed by atoms with Crippen molar-refractivity contribution in [2.75, 3.05) is 31.1 Å². The number of nitrogens with zero attached hydrogens (tertiary/aromatic N) is 4. The van der Waals surface area contributed by atoms with Gasteiger partial charge >= 0.3 is 18.4 Å². The van der Waals surface area contributed by atoms with E-state index in [0.29, 0.717) is 49.3 Å².